The maximum Gasteiger partial charge on any atom is 0.523 e. The molecule has 9 heteroatoms. The van der Waals surface area contributed by atoms with Gasteiger partial charge >= 0.3 is 15.6 Å². The topological polar surface area (TPSA) is 52.6 Å². The van der Waals surface area contributed by atoms with Crippen molar-refractivity contribution < 1.29 is 30.0 Å². The molecule has 0 saturated heterocycles. The number of alkyl halides is 3. The third kappa shape index (κ3) is 3.83. The lowest BCUT2D eigenvalue weighted by Gasteiger charge is -2.36. The number of ether oxygens (including phenoxy) is 1. The lowest BCUT2D eigenvalue weighted by molar-refractivity contribution is -0.0496. The molecule has 1 rings (SSSR count). The Morgan fingerprint density at radius 2 is 1.52 bits per heavy atom. The Kier molecular flexibility index (Phi) is 5.57. The van der Waals surface area contributed by atoms with Crippen molar-refractivity contribution in [2.45, 2.75) is 24.3 Å². The number of rotatable bonds is 6. The minimum absolute atomic E-state index is 0.158. The highest BCUT2D eigenvalue weighted by molar-refractivity contribution is 8.33. The summed E-state index contributed by atoms with van der Waals surface area (Å²) in [7, 11) is -6.76. The number of benzene rings is 1. The normalized spacial score (nSPS) is 14.0. The van der Waals surface area contributed by atoms with Crippen LogP contribution < -0.4 is 4.74 Å². The van der Waals surface area contributed by atoms with Gasteiger partial charge in [-0.25, -0.2) is 3.63 Å². The molecule has 0 unspecified atom stereocenters. The molecule has 0 spiro atoms. The van der Waals surface area contributed by atoms with Crippen LogP contribution in [0, 0.1) is 0 Å². The van der Waals surface area contributed by atoms with E-state index in [1.807, 2.05) is 0 Å². The Hall–Kier alpha value is -0.930. The van der Waals surface area contributed by atoms with Crippen molar-refractivity contribution in [3.8, 4) is 5.75 Å². The highest BCUT2D eigenvalue weighted by Crippen LogP contribution is 2.58. The largest absolute Gasteiger partial charge is 0.523 e. The molecule has 0 bridgehead atoms. The molecule has 1 aromatic carbocycles. The summed E-state index contributed by atoms with van der Waals surface area (Å²) in [4.78, 5) is 0.432. The van der Waals surface area contributed by atoms with E-state index in [1.54, 1.807) is 26.0 Å². The molecule has 0 aromatic heterocycles. The van der Waals surface area contributed by atoms with Gasteiger partial charge in [-0.3, -0.25) is 0 Å². The van der Waals surface area contributed by atoms with Gasteiger partial charge in [0.2, 0.25) is 0 Å². The molecular weight excluding hydrogens is 329 g/mol. The van der Waals surface area contributed by atoms with Crippen LogP contribution in [0.15, 0.2) is 29.2 Å². The molecule has 0 heterocycles. The van der Waals surface area contributed by atoms with E-state index in [0.717, 1.165) is 0 Å². The standard InChI is InChI=1S/C12H17F3O4S2/c1-4-20(5-2,19-21(16,17)12(13,14)15)11-8-6-10(18-3)7-9-11/h6-9H,4-5H2,1-3H3. The molecule has 0 fully saturated rings. The fourth-order valence-electron chi connectivity index (χ4n) is 1.71. The first-order chi connectivity index (χ1) is 9.62. The van der Waals surface area contributed by atoms with Crippen molar-refractivity contribution in [1.82, 2.24) is 0 Å². The molecular formula is C12H17F3O4S2. The van der Waals surface area contributed by atoms with Gasteiger partial charge in [0.15, 0.2) is 0 Å². The lowest BCUT2D eigenvalue weighted by atomic mass is 10.3. The van der Waals surface area contributed by atoms with E-state index in [4.69, 9.17) is 4.74 Å². The van der Waals surface area contributed by atoms with Gasteiger partial charge in [0.05, 0.1) is 7.11 Å². The van der Waals surface area contributed by atoms with Crippen LogP contribution in [0.25, 0.3) is 0 Å². The first-order valence-corrected chi connectivity index (χ1v) is 9.37. The average Bonchev–Trinajstić information content (AvgIpc) is 2.44. The van der Waals surface area contributed by atoms with Crippen LogP contribution in [0.2, 0.25) is 0 Å². The van der Waals surface area contributed by atoms with Gasteiger partial charge in [0.1, 0.15) is 5.75 Å². The van der Waals surface area contributed by atoms with E-state index in [2.05, 4.69) is 3.63 Å². The fraction of sp³-hybridized carbons (Fsp3) is 0.500. The third-order valence-corrected chi connectivity index (χ3v) is 8.25. The summed E-state index contributed by atoms with van der Waals surface area (Å²) in [5.41, 5.74) is -5.43. The molecule has 0 radical (unpaired) electrons. The van der Waals surface area contributed by atoms with Gasteiger partial charge in [-0.1, -0.05) is 24.2 Å². The molecule has 1 aromatic rings. The molecule has 21 heavy (non-hydrogen) atoms. The minimum atomic E-state index is -5.64. The molecule has 0 N–H and O–H groups in total. The Morgan fingerprint density at radius 3 is 1.86 bits per heavy atom. The van der Waals surface area contributed by atoms with E-state index in [9.17, 15) is 21.6 Å². The van der Waals surface area contributed by atoms with Crippen LogP contribution in [0.4, 0.5) is 13.2 Å². The summed E-state index contributed by atoms with van der Waals surface area (Å²) in [6.07, 6.45) is 0. The highest BCUT2D eigenvalue weighted by Gasteiger charge is 2.50. The zero-order valence-corrected chi connectivity index (χ0v) is 13.4. The smallest absolute Gasteiger partial charge is 0.497 e. The first kappa shape index (κ1) is 18.1. The third-order valence-electron chi connectivity index (χ3n) is 2.92. The summed E-state index contributed by atoms with van der Waals surface area (Å²) < 4.78 is 69.9. The zero-order chi connectivity index (χ0) is 16.3. The van der Waals surface area contributed by atoms with Crippen LogP contribution in [-0.2, 0) is 13.7 Å². The minimum Gasteiger partial charge on any atom is -0.497 e. The highest BCUT2D eigenvalue weighted by atomic mass is 32.3. The predicted octanol–water partition coefficient (Wildman–Crippen LogP) is 3.68. The van der Waals surface area contributed by atoms with Crippen LogP contribution >= 0.6 is 10.3 Å². The average molecular weight is 346 g/mol. The Bertz CT molecular complexity index is 563. The van der Waals surface area contributed by atoms with Crippen LogP contribution in [0.1, 0.15) is 13.8 Å². The van der Waals surface area contributed by atoms with Crippen LogP contribution in [-0.4, -0.2) is 32.5 Å². The number of methoxy groups -OCH3 is 1. The second kappa shape index (κ2) is 6.45. The van der Waals surface area contributed by atoms with Crippen molar-refractivity contribution >= 4 is 20.4 Å². The van der Waals surface area contributed by atoms with Crippen molar-refractivity contribution in [1.29, 1.82) is 0 Å². The lowest BCUT2D eigenvalue weighted by Crippen LogP contribution is -2.28. The first-order valence-electron chi connectivity index (χ1n) is 6.07. The Balaban J connectivity index is 3.25. The number of hydrogen-bond donors (Lipinski definition) is 0. The molecule has 0 aliphatic rings. The monoisotopic (exact) mass is 346 g/mol. The predicted molar refractivity (Wildman–Crippen MR) is 76.0 cm³/mol. The van der Waals surface area contributed by atoms with Crippen molar-refractivity contribution in [2.24, 2.45) is 0 Å². The maximum absolute atomic E-state index is 12.6. The van der Waals surface area contributed by atoms with Gasteiger partial charge in [0, 0.05) is 16.4 Å². The summed E-state index contributed by atoms with van der Waals surface area (Å²) in [5, 5.41) is 0. The Labute approximate surface area is 123 Å². The van der Waals surface area contributed by atoms with Gasteiger partial charge < -0.3 is 4.74 Å². The summed E-state index contributed by atoms with van der Waals surface area (Å²) in [5.74, 6) is 0.842. The van der Waals surface area contributed by atoms with Gasteiger partial charge in [0.25, 0.3) is 0 Å². The molecule has 0 aliphatic heterocycles. The van der Waals surface area contributed by atoms with Crippen molar-refractivity contribution in [3.05, 3.63) is 24.3 Å². The maximum atomic E-state index is 12.6. The zero-order valence-electron chi connectivity index (χ0n) is 11.8. The second-order valence-electron chi connectivity index (χ2n) is 4.03. The van der Waals surface area contributed by atoms with Crippen molar-refractivity contribution in [3.63, 3.8) is 0 Å². The van der Waals surface area contributed by atoms with E-state index < -0.39 is 25.9 Å². The molecule has 0 atom stereocenters. The van der Waals surface area contributed by atoms with E-state index in [0.29, 0.717) is 10.6 Å². The number of halogens is 3. The summed E-state index contributed by atoms with van der Waals surface area (Å²) >= 11 is 0. The molecule has 0 amide bonds. The second-order valence-corrected chi connectivity index (χ2v) is 9.20. The van der Waals surface area contributed by atoms with E-state index in [1.165, 1.54) is 19.2 Å². The SMILES string of the molecule is CCS(CC)(OS(=O)(=O)C(F)(F)F)c1ccc(OC)cc1. The molecule has 0 aliphatic carbocycles. The molecule has 122 valence electrons. The molecule has 0 saturated carbocycles. The Morgan fingerprint density at radius 1 is 1.05 bits per heavy atom. The van der Waals surface area contributed by atoms with Gasteiger partial charge in [-0.2, -0.15) is 21.6 Å². The van der Waals surface area contributed by atoms with Gasteiger partial charge in [-0.05, 0) is 24.3 Å². The van der Waals surface area contributed by atoms with Crippen LogP contribution in [0.5, 0.6) is 5.75 Å². The van der Waals surface area contributed by atoms with Crippen molar-refractivity contribution in [2.75, 3.05) is 18.6 Å². The van der Waals surface area contributed by atoms with E-state index >= 15 is 0 Å². The quantitative estimate of drug-likeness (QED) is 0.738. The van der Waals surface area contributed by atoms with Gasteiger partial charge in [-0.15, -0.1) is 0 Å². The summed E-state index contributed by atoms with van der Waals surface area (Å²) in [6.45, 7) is 3.21. The number of hydrogen-bond acceptors (Lipinski definition) is 4. The van der Waals surface area contributed by atoms with Crippen LogP contribution in [0.3, 0.4) is 0 Å². The fourth-order valence-corrected chi connectivity index (χ4v) is 6.18. The van der Waals surface area contributed by atoms with E-state index in [-0.39, 0.29) is 11.5 Å². The summed E-state index contributed by atoms with van der Waals surface area (Å²) in [6, 6.07) is 6.19. The molecule has 4 nitrogen and oxygen atoms in total.